The fourth-order valence-corrected chi connectivity index (χ4v) is 2.48. The van der Waals surface area contributed by atoms with Gasteiger partial charge in [-0.25, -0.2) is 9.97 Å². The van der Waals surface area contributed by atoms with Gasteiger partial charge < -0.3 is 10.6 Å². The van der Waals surface area contributed by atoms with Crippen molar-refractivity contribution in [3.05, 3.63) is 82.6 Å². The van der Waals surface area contributed by atoms with Crippen molar-refractivity contribution in [2.75, 3.05) is 10.6 Å². The third-order valence-corrected chi connectivity index (χ3v) is 3.90. The number of aryl methyl sites for hydroxylation is 1. The Labute approximate surface area is 151 Å². The van der Waals surface area contributed by atoms with Crippen molar-refractivity contribution in [2.45, 2.75) is 13.5 Å². The van der Waals surface area contributed by atoms with Crippen LogP contribution in [0.5, 0.6) is 0 Å². The molecule has 2 N–H and O–H groups in total. The van der Waals surface area contributed by atoms with Crippen molar-refractivity contribution >= 4 is 29.1 Å². The molecule has 25 heavy (non-hydrogen) atoms. The fraction of sp³-hybridized carbons (Fsp3) is 0.105. The van der Waals surface area contributed by atoms with E-state index in [1.807, 2.05) is 25.1 Å². The number of hydrogen-bond acceptors (Lipinski definition) is 4. The van der Waals surface area contributed by atoms with Gasteiger partial charge in [-0.2, -0.15) is 0 Å². The summed E-state index contributed by atoms with van der Waals surface area (Å²) in [5.74, 6) is 0.161. The van der Waals surface area contributed by atoms with Gasteiger partial charge in [-0.1, -0.05) is 53.6 Å². The van der Waals surface area contributed by atoms with E-state index in [9.17, 15) is 4.79 Å². The smallest absolute Gasteiger partial charge is 0.258 e. The van der Waals surface area contributed by atoms with Crippen molar-refractivity contribution in [3.8, 4) is 0 Å². The van der Waals surface area contributed by atoms with Crippen molar-refractivity contribution in [1.82, 2.24) is 9.97 Å². The van der Waals surface area contributed by atoms with Crippen LogP contribution in [0.3, 0.4) is 0 Å². The SMILES string of the molecule is Cc1cccc(CNc2ncc(C(=O)Nc3ccccc3Cl)cn2)c1. The molecule has 0 aliphatic carbocycles. The quantitative estimate of drug-likeness (QED) is 0.718. The van der Waals surface area contributed by atoms with Gasteiger partial charge in [0.2, 0.25) is 5.95 Å². The first-order valence-electron chi connectivity index (χ1n) is 7.79. The summed E-state index contributed by atoms with van der Waals surface area (Å²) in [7, 11) is 0. The molecule has 0 atom stereocenters. The van der Waals surface area contributed by atoms with Gasteiger partial charge in [-0.05, 0) is 24.6 Å². The van der Waals surface area contributed by atoms with Gasteiger partial charge in [0.15, 0.2) is 0 Å². The lowest BCUT2D eigenvalue weighted by Gasteiger charge is -2.08. The zero-order valence-corrected chi connectivity index (χ0v) is 14.4. The molecular weight excluding hydrogens is 336 g/mol. The van der Waals surface area contributed by atoms with Gasteiger partial charge in [0.1, 0.15) is 0 Å². The third kappa shape index (κ3) is 4.55. The minimum Gasteiger partial charge on any atom is -0.350 e. The van der Waals surface area contributed by atoms with Crippen LogP contribution in [-0.2, 0) is 6.54 Å². The third-order valence-electron chi connectivity index (χ3n) is 3.57. The molecule has 3 rings (SSSR count). The highest BCUT2D eigenvalue weighted by atomic mass is 35.5. The highest BCUT2D eigenvalue weighted by Gasteiger charge is 2.09. The summed E-state index contributed by atoms with van der Waals surface area (Å²) < 4.78 is 0. The van der Waals surface area contributed by atoms with E-state index in [1.165, 1.54) is 18.0 Å². The van der Waals surface area contributed by atoms with E-state index in [1.54, 1.807) is 24.3 Å². The van der Waals surface area contributed by atoms with E-state index in [0.717, 1.165) is 5.56 Å². The number of carbonyl (C=O) groups is 1. The van der Waals surface area contributed by atoms with E-state index in [4.69, 9.17) is 11.6 Å². The maximum absolute atomic E-state index is 12.2. The van der Waals surface area contributed by atoms with Gasteiger partial charge in [0, 0.05) is 18.9 Å². The highest BCUT2D eigenvalue weighted by Crippen LogP contribution is 2.21. The first-order valence-corrected chi connectivity index (χ1v) is 8.17. The molecule has 0 bridgehead atoms. The minimum absolute atomic E-state index is 0.307. The molecule has 0 saturated heterocycles. The first kappa shape index (κ1) is 16.9. The summed E-state index contributed by atoms with van der Waals surface area (Å²) in [6.45, 7) is 2.67. The van der Waals surface area contributed by atoms with Crippen LogP contribution >= 0.6 is 11.6 Å². The zero-order chi connectivity index (χ0) is 17.6. The summed E-state index contributed by atoms with van der Waals surface area (Å²) in [6, 6.07) is 15.2. The van der Waals surface area contributed by atoms with Crippen LogP contribution in [0, 0.1) is 6.92 Å². The predicted molar refractivity (Wildman–Crippen MR) is 99.9 cm³/mol. The Morgan fingerprint density at radius 1 is 1.08 bits per heavy atom. The lowest BCUT2D eigenvalue weighted by atomic mass is 10.1. The maximum Gasteiger partial charge on any atom is 0.258 e. The Morgan fingerprint density at radius 3 is 2.56 bits per heavy atom. The molecule has 126 valence electrons. The summed E-state index contributed by atoms with van der Waals surface area (Å²) in [5, 5.41) is 6.36. The van der Waals surface area contributed by atoms with E-state index >= 15 is 0 Å². The van der Waals surface area contributed by atoms with Crippen LogP contribution in [0.2, 0.25) is 5.02 Å². The Hall–Kier alpha value is -2.92. The minimum atomic E-state index is -0.307. The second-order valence-corrected chi connectivity index (χ2v) is 5.98. The molecule has 0 aliphatic rings. The molecule has 0 saturated carbocycles. The Kier molecular flexibility index (Phi) is 5.26. The number of nitrogens with zero attached hydrogens (tertiary/aromatic N) is 2. The van der Waals surface area contributed by atoms with Gasteiger partial charge in [-0.15, -0.1) is 0 Å². The average molecular weight is 353 g/mol. The van der Waals surface area contributed by atoms with Crippen LogP contribution in [0.25, 0.3) is 0 Å². The molecule has 1 heterocycles. The maximum atomic E-state index is 12.2. The number of benzene rings is 2. The van der Waals surface area contributed by atoms with Crippen LogP contribution < -0.4 is 10.6 Å². The van der Waals surface area contributed by atoms with E-state index in [0.29, 0.717) is 28.8 Å². The molecule has 2 aromatic carbocycles. The largest absolute Gasteiger partial charge is 0.350 e. The second-order valence-electron chi connectivity index (χ2n) is 5.57. The summed E-state index contributed by atoms with van der Waals surface area (Å²) in [5.41, 5.74) is 3.26. The number of rotatable bonds is 5. The van der Waals surface area contributed by atoms with E-state index in [-0.39, 0.29) is 5.91 Å². The number of para-hydroxylation sites is 1. The summed E-state index contributed by atoms with van der Waals surface area (Å²) in [4.78, 5) is 20.6. The summed E-state index contributed by atoms with van der Waals surface area (Å²) >= 11 is 6.04. The standard InChI is InChI=1S/C19H17ClN4O/c1-13-5-4-6-14(9-13)10-21-19-22-11-15(12-23-19)18(25)24-17-8-3-2-7-16(17)20/h2-9,11-12H,10H2,1H3,(H,24,25)(H,21,22,23). The molecule has 6 heteroatoms. The Bertz CT molecular complexity index is 881. The Morgan fingerprint density at radius 2 is 1.84 bits per heavy atom. The first-order chi connectivity index (χ1) is 12.1. The normalized spacial score (nSPS) is 10.3. The molecular formula is C19H17ClN4O. The van der Waals surface area contributed by atoms with Crippen LogP contribution in [0.1, 0.15) is 21.5 Å². The zero-order valence-electron chi connectivity index (χ0n) is 13.7. The number of halogens is 1. The number of hydrogen-bond donors (Lipinski definition) is 2. The fourth-order valence-electron chi connectivity index (χ4n) is 2.30. The lowest BCUT2D eigenvalue weighted by molar-refractivity contribution is 0.102. The van der Waals surface area contributed by atoms with E-state index < -0.39 is 0 Å². The summed E-state index contributed by atoms with van der Waals surface area (Å²) in [6.07, 6.45) is 2.97. The van der Waals surface area contributed by atoms with Crippen molar-refractivity contribution in [1.29, 1.82) is 0 Å². The predicted octanol–water partition coefficient (Wildman–Crippen LogP) is 4.30. The molecule has 0 aliphatic heterocycles. The van der Waals surface area contributed by atoms with Crippen molar-refractivity contribution in [3.63, 3.8) is 0 Å². The second kappa shape index (κ2) is 7.77. The van der Waals surface area contributed by atoms with Crippen molar-refractivity contribution < 1.29 is 4.79 Å². The molecule has 3 aromatic rings. The molecule has 5 nitrogen and oxygen atoms in total. The molecule has 0 unspecified atom stereocenters. The molecule has 0 spiro atoms. The molecule has 1 amide bonds. The Balaban J connectivity index is 1.61. The number of nitrogens with one attached hydrogen (secondary N) is 2. The van der Waals surface area contributed by atoms with Crippen LogP contribution in [0.15, 0.2) is 60.9 Å². The monoisotopic (exact) mass is 352 g/mol. The van der Waals surface area contributed by atoms with Gasteiger partial charge in [0.25, 0.3) is 5.91 Å². The number of anilines is 2. The number of aromatic nitrogens is 2. The molecule has 1 aromatic heterocycles. The lowest BCUT2D eigenvalue weighted by Crippen LogP contribution is -2.13. The number of carbonyl (C=O) groups excluding carboxylic acids is 1. The van der Waals surface area contributed by atoms with Crippen LogP contribution in [0.4, 0.5) is 11.6 Å². The topological polar surface area (TPSA) is 66.9 Å². The van der Waals surface area contributed by atoms with Gasteiger partial charge in [0.05, 0.1) is 16.3 Å². The van der Waals surface area contributed by atoms with Crippen LogP contribution in [-0.4, -0.2) is 15.9 Å². The number of amides is 1. The average Bonchev–Trinajstić information content (AvgIpc) is 2.62. The molecule has 0 radical (unpaired) electrons. The van der Waals surface area contributed by atoms with E-state index in [2.05, 4.69) is 26.7 Å². The van der Waals surface area contributed by atoms with Gasteiger partial charge in [-0.3, -0.25) is 4.79 Å². The molecule has 0 fully saturated rings. The van der Waals surface area contributed by atoms with Gasteiger partial charge >= 0.3 is 0 Å². The highest BCUT2D eigenvalue weighted by molar-refractivity contribution is 6.33. The van der Waals surface area contributed by atoms with Crippen molar-refractivity contribution in [2.24, 2.45) is 0 Å².